The van der Waals surface area contributed by atoms with Crippen molar-refractivity contribution >= 4 is 5.97 Å². The number of hydrogen-bond acceptors (Lipinski definition) is 3. The maximum Gasteiger partial charge on any atom is 0.314 e. The average molecular weight is 197 g/mol. The van der Waals surface area contributed by atoms with Gasteiger partial charge in [-0.2, -0.15) is 0 Å². The Balaban J connectivity index is 2.84. The van der Waals surface area contributed by atoms with Gasteiger partial charge < -0.3 is 4.74 Å². The van der Waals surface area contributed by atoms with E-state index in [-0.39, 0.29) is 12.3 Å². The van der Waals surface area contributed by atoms with Crippen LogP contribution in [0.4, 0.5) is 4.39 Å². The van der Waals surface area contributed by atoms with Gasteiger partial charge in [0.25, 0.3) is 0 Å². The van der Waals surface area contributed by atoms with Crippen LogP contribution in [0.2, 0.25) is 0 Å². The summed E-state index contributed by atoms with van der Waals surface area (Å²) >= 11 is 0. The van der Waals surface area contributed by atoms with Crippen molar-refractivity contribution in [1.29, 1.82) is 0 Å². The minimum Gasteiger partial charge on any atom is -0.465 e. The molecule has 1 rings (SSSR count). The highest BCUT2D eigenvalue weighted by Gasteiger charge is 2.20. The van der Waals surface area contributed by atoms with Crippen molar-refractivity contribution in [3.05, 3.63) is 29.8 Å². The van der Waals surface area contributed by atoms with E-state index in [0.29, 0.717) is 0 Å². The smallest absolute Gasteiger partial charge is 0.314 e. The van der Waals surface area contributed by atoms with Crippen LogP contribution in [0.3, 0.4) is 0 Å². The highest BCUT2D eigenvalue weighted by Crippen LogP contribution is 2.17. The van der Waals surface area contributed by atoms with Gasteiger partial charge in [-0.1, -0.05) is 0 Å². The molecular weight excluding hydrogens is 185 g/mol. The summed E-state index contributed by atoms with van der Waals surface area (Å²) in [4.78, 5) is 15.1. The van der Waals surface area contributed by atoms with Crippen molar-refractivity contribution in [3.8, 4) is 0 Å². The van der Waals surface area contributed by atoms with Gasteiger partial charge in [0.15, 0.2) is 0 Å². The molecule has 0 amide bonds. The van der Waals surface area contributed by atoms with Gasteiger partial charge in [-0.15, -0.1) is 0 Å². The van der Waals surface area contributed by atoms with E-state index in [1.165, 1.54) is 18.3 Å². The fraction of sp³-hybridized carbons (Fsp3) is 0.400. The monoisotopic (exact) mass is 197 g/mol. The molecule has 0 saturated carbocycles. The molecule has 0 saturated heterocycles. The van der Waals surface area contributed by atoms with E-state index in [1.54, 1.807) is 13.8 Å². The minimum atomic E-state index is -0.656. The molecule has 0 radical (unpaired) electrons. The van der Waals surface area contributed by atoms with E-state index < -0.39 is 17.7 Å². The van der Waals surface area contributed by atoms with Crippen LogP contribution < -0.4 is 0 Å². The first kappa shape index (κ1) is 10.6. The van der Waals surface area contributed by atoms with Crippen LogP contribution in [0.1, 0.15) is 25.5 Å². The number of halogens is 1. The zero-order valence-electron chi connectivity index (χ0n) is 8.16. The van der Waals surface area contributed by atoms with E-state index in [4.69, 9.17) is 4.74 Å². The van der Waals surface area contributed by atoms with Crippen LogP contribution in [0.5, 0.6) is 0 Å². The maximum absolute atomic E-state index is 13.2. The quantitative estimate of drug-likeness (QED) is 0.694. The first-order valence-corrected chi connectivity index (χ1v) is 4.43. The second-order valence-corrected chi connectivity index (χ2v) is 2.84. The predicted octanol–water partition coefficient (Wildman–Crippen LogP) is 1.89. The molecule has 14 heavy (non-hydrogen) atoms. The zero-order chi connectivity index (χ0) is 10.6. The summed E-state index contributed by atoms with van der Waals surface area (Å²) in [6.45, 7) is 3.57. The van der Waals surface area contributed by atoms with E-state index in [0.717, 1.165) is 0 Å². The Morgan fingerprint density at radius 3 is 3.00 bits per heavy atom. The molecule has 1 atom stereocenters. The van der Waals surface area contributed by atoms with E-state index >= 15 is 0 Å². The van der Waals surface area contributed by atoms with Gasteiger partial charge in [0.05, 0.1) is 18.2 Å². The summed E-state index contributed by atoms with van der Waals surface area (Å²) in [6.07, 6.45) is 1.45. The molecule has 76 valence electrons. The Morgan fingerprint density at radius 1 is 1.71 bits per heavy atom. The van der Waals surface area contributed by atoms with Gasteiger partial charge in [0.2, 0.25) is 0 Å². The molecule has 1 heterocycles. The lowest BCUT2D eigenvalue weighted by atomic mass is 10.1. The van der Waals surface area contributed by atoms with Gasteiger partial charge in [-0.3, -0.25) is 9.78 Å². The second-order valence-electron chi connectivity index (χ2n) is 2.84. The topological polar surface area (TPSA) is 39.2 Å². The van der Waals surface area contributed by atoms with Crippen LogP contribution in [0, 0.1) is 5.82 Å². The van der Waals surface area contributed by atoms with Gasteiger partial charge in [0.1, 0.15) is 5.82 Å². The predicted molar refractivity (Wildman–Crippen MR) is 49.2 cm³/mol. The summed E-state index contributed by atoms with van der Waals surface area (Å²) in [5.74, 6) is -1.59. The molecule has 1 aromatic heterocycles. The Morgan fingerprint density at radius 2 is 2.43 bits per heavy atom. The minimum absolute atomic E-state index is 0.131. The lowest BCUT2D eigenvalue weighted by molar-refractivity contribution is -0.144. The molecule has 0 aliphatic heterocycles. The van der Waals surface area contributed by atoms with Crippen LogP contribution in [0.15, 0.2) is 18.3 Å². The van der Waals surface area contributed by atoms with Crippen molar-refractivity contribution in [2.24, 2.45) is 0 Å². The van der Waals surface area contributed by atoms with Crippen LogP contribution in [0.25, 0.3) is 0 Å². The van der Waals surface area contributed by atoms with Crippen molar-refractivity contribution < 1.29 is 13.9 Å². The van der Waals surface area contributed by atoms with Crippen molar-refractivity contribution in [1.82, 2.24) is 4.98 Å². The van der Waals surface area contributed by atoms with E-state index in [2.05, 4.69) is 4.98 Å². The number of aromatic nitrogens is 1. The third kappa shape index (κ3) is 2.28. The molecule has 0 spiro atoms. The fourth-order valence-corrected chi connectivity index (χ4v) is 1.10. The Kier molecular flexibility index (Phi) is 3.56. The molecule has 0 N–H and O–H groups in total. The molecule has 1 aromatic rings. The highest BCUT2D eigenvalue weighted by atomic mass is 19.1. The first-order chi connectivity index (χ1) is 6.66. The summed E-state index contributed by atoms with van der Waals surface area (Å²) < 4.78 is 17.9. The number of pyridine rings is 1. The molecule has 0 aliphatic rings. The largest absolute Gasteiger partial charge is 0.465 e. The summed E-state index contributed by atoms with van der Waals surface area (Å²) in [6, 6.07) is 2.76. The van der Waals surface area contributed by atoms with Gasteiger partial charge in [0, 0.05) is 6.20 Å². The van der Waals surface area contributed by atoms with E-state index in [9.17, 15) is 9.18 Å². The third-order valence-corrected chi connectivity index (χ3v) is 1.84. The molecule has 0 aromatic carbocycles. The summed E-state index contributed by atoms with van der Waals surface area (Å²) in [5.41, 5.74) is 0.131. The summed E-state index contributed by atoms with van der Waals surface area (Å²) in [7, 11) is 0. The average Bonchev–Trinajstić information content (AvgIpc) is 2.18. The van der Waals surface area contributed by atoms with Gasteiger partial charge in [-0.25, -0.2) is 4.39 Å². The first-order valence-electron chi connectivity index (χ1n) is 4.43. The lowest BCUT2D eigenvalue weighted by Gasteiger charge is -2.09. The van der Waals surface area contributed by atoms with Gasteiger partial charge >= 0.3 is 5.97 Å². The highest BCUT2D eigenvalue weighted by molar-refractivity contribution is 5.77. The van der Waals surface area contributed by atoms with Crippen molar-refractivity contribution in [2.75, 3.05) is 6.61 Å². The molecular formula is C10H12FNO2. The maximum atomic E-state index is 13.2. The summed E-state index contributed by atoms with van der Waals surface area (Å²) in [5, 5.41) is 0. The van der Waals surface area contributed by atoms with Crippen LogP contribution in [-0.2, 0) is 9.53 Å². The standard InChI is InChI=1S/C10H12FNO2/c1-3-14-10(13)7(2)9-8(11)5-4-6-12-9/h4-7H,3H2,1-2H3/t7-/m0/s1. The number of hydrogen-bond donors (Lipinski definition) is 0. The molecule has 0 aliphatic carbocycles. The third-order valence-electron chi connectivity index (χ3n) is 1.84. The Hall–Kier alpha value is -1.45. The van der Waals surface area contributed by atoms with Crippen molar-refractivity contribution in [2.45, 2.75) is 19.8 Å². The molecule has 4 heteroatoms. The SMILES string of the molecule is CCOC(=O)[C@@H](C)c1ncccc1F. The second kappa shape index (κ2) is 4.69. The normalized spacial score (nSPS) is 12.2. The number of esters is 1. The van der Waals surface area contributed by atoms with Crippen LogP contribution >= 0.6 is 0 Å². The Bertz CT molecular complexity index is 328. The fourth-order valence-electron chi connectivity index (χ4n) is 1.10. The van der Waals surface area contributed by atoms with Crippen LogP contribution in [-0.4, -0.2) is 17.6 Å². The zero-order valence-corrected chi connectivity index (χ0v) is 8.16. The van der Waals surface area contributed by atoms with Crippen molar-refractivity contribution in [3.63, 3.8) is 0 Å². The number of carbonyl (C=O) groups excluding carboxylic acids is 1. The van der Waals surface area contributed by atoms with Gasteiger partial charge in [-0.05, 0) is 26.0 Å². The lowest BCUT2D eigenvalue weighted by Crippen LogP contribution is -2.15. The molecule has 0 fully saturated rings. The molecule has 0 unspecified atom stereocenters. The van der Waals surface area contributed by atoms with E-state index in [1.807, 2.05) is 0 Å². The molecule has 3 nitrogen and oxygen atoms in total. The number of nitrogens with zero attached hydrogens (tertiary/aromatic N) is 1. The number of carbonyl (C=O) groups is 1. The Labute approximate surface area is 81.9 Å². The molecule has 0 bridgehead atoms. The number of ether oxygens (including phenoxy) is 1. The number of rotatable bonds is 3.